The first kappa shape index (κ1) is 12.1. The van der Waals surface area contributed by atoms with Crippen LogP contribution in [0.3, 0.4) is 0 Å². The SMILES string of the molecule is FC1(F)CCN(C2CCNCC2(F)F)CC1. The molecule has 0 spiro atoms. The Morgan fingerprint density at radius 1 is 1.06 bits per heavy atom. The van der Waals surface area contributed by atoms with Crippen LogP contribution in [0.5, 0.6) is 0 Å². The lowest BCUT2D eigenvalue weighted by Gasteiger charge is -2.43. The molecule has 0 radical (unpaired) electrons. The Bertz CT molecular complexity index is 247. The van der Waals surface area contributed by atoms with E-state index >= 15 is 0 Å². The number of halogens is 4. The fourth-order valence-electron chi connectivity index (χ4n) is 2.44. The van der Waals surface area contributed by atoms with Crippen molar-refractivity contribution in [2.45, 2.75) is 37.1 Å². The fraction of sp³-hybridized carbons (Fsp3) is 1.00. The zero-order chi connectivity index (χ0) is 11.8. The van der Waals surface area contributed by atoms with Gasteiger partial charge in [-0.2, -0.15) is 0 Å². The van der Waals surface area contributed by atoms with Gasteiger partial charge >= 0.3 is 0 Å². The van der Waals surface area contributed by atoms with E-state index in [2.05, 4.69) is 5.32 Å². The summed E-state index contributed by atoms with van der Waals surface area (Å²) in [6.07, 6.45) is -0.265. The Hall–Kier alpha value is -0.360. The van der Waals surface area contributed by atoms with Gasteiger partial charge in [-0.1, -0.05) is 0 Å². The molecule has 0 bridgehead atoms. The second-order valence-electron chi connectivity index (χ2n) is 4.63. The van der Waals surface area contributed by atoms with Gasteiger partial charge in [0.2, 0.25) is 0 Å². The molecule has 2 aliphatic heterocycles. The Balaban J connectivity index is 1.97. The summed E-state index contributed by atoms with van der Waals surface area (Å²) in [6.45, 7) is 0.345. The van der Waals surface area contributed by atoms with Gasteiger partial charge in [-0.3, -0.25) is 4.90 Å². The highest BCUT2D eigenvalue weighted by Gasteiger charge is 2.47. The van der Waals surface area contributed by atoms with Crippen LogP contribution in [-0.2, 0) is 0 Å². The number of nitrogens with one attached hydrogen (secondary N) is 1. The molecule has 2 saturated heterocycles. The van der Waals surface area contributed by atoms with E-state index in [1.165, 1.54) is 4.90 Å². The van der Waals surface area contributed by atoms with Gasteiger partial charge in [-0.25, -0.2) is 17.6 Å². The van der Waals surface area contributed by atoms with Gasteiger partial charge in [-0.05, 0) is 13.0 Å². The largest absolute Gasteiger partial charge is 0.311 e. The first-order valence-electron chi connectivity index (χ1n) is 5.61. The van der Waals surface area contributed by atoms with Crippen LogP contribution in [0.2, 0.25) is 0 Å². The predicted molar refractivity (Wildman–Crippen MR) is 52.0 cm³/mol. The van der Waals surface area contributed by atoms with Crippen LogP contribution in [0, 0.1) is 0 Å². The molecule has 2 heterocycles. The minimum atomic E-state index is -2.80. The van der Waals surface area contributed by atoms with Crippen LogP contribution in [0.25, 0.3) is 0 Å². The topological polar surface area (TPSA) is 15.3 Å². The van der Waals surface area contributed by atoms with Crippen molar-refractivity contribution in [2.75, 3.05) is 26.2 Å². The fourth-order valence-corrected chi connectivity index (χ4v) is 2.44. The van der Waals surface area contributed by atoms with E-state index in [1.54, 1.807) is 0 Å². The van der Waals surface area contributed by atoms with Crippen LogP contribution in [0.1, 0.15) is 19.3 Å². The molecule has 2 aliphatic rings. The standard InChI is InChI=1S/C10H16F4N2/c11-9(12)2-5-16(6-3-9)8-1-4-15-7-10(8,13)14/h8,15H,1-7H2. The minimum Gasteiger partial charge on any atom is -0.311 e. The summed E-state index contributed by atoms with van der Waals surface area (Å²) in [5.41, 5.74) is 0. The number of alkyl halides is 4. The van der Waals surface area contributed by atoms with E-state index in [-0.39, 0.29) is 32.5 Å². The Labute approximate surface area is 92.0 Å². The molecule has 6 heteroatoms. The third kappa shape index (κ3) is 2.48. The van der Waals surface area contributed by atoms with Crippen molar-refractivity contribution in [1.29, 1.82) is 0 Å². The smallest absolute Gasteiger partial charge is 0.275 e. The molecule has 2 nitrogen and oxygen atoms in total. The predicted octanol–water partition coefficient (Wildman–Crippen LogP) is 1.71. The van der Waals surface area contributed by atoms with Crippen molar-refractivity contribution in [1.82, 2.24) is 10.2 Å². The summed E-state index contributed by atoms with van der Waals surface area (Å²) in [6, 6.07) is -0.871. The van der Waals surface area contributed by atoms with Crippen LogP contribution < -0.4 is 5.32 Å². The average molecular weight is 240 g/mol. The van der Waals surface area contributed by atoms with Gasteiger partial charge in [0.1, 0.15) is 0 Å². The number of piperidine rings is 2. The first-order chi connectivity index (χ1) is 7.41. The molecule has 0 aliphatic carbocycles. The summed E-state index contributed by atoms with van der Waals surface area (Å²) in [4.78, 5) is 1.53. The quantitative estimate of drug-likeness (QED) is 0.702. The van der Waals surface area contributed by atoms with Crippen molar-refractivity contribution < 1.29 is 17.6 Å². The lowest BCUT2D eigenvalue weighted by Crippen LogP contribution is -2.59. The van der Waals surface area contributed by atoms with E-state index < -0.39 is 17.9 Å². The monoisotopic (exact) mass is 240 g/mol. The van der Waals surface area contributed by atoms with Gasteiger partial charge in [-0.15, -0.1) is 0 Å². The third-order valence-electron chi connectivity index (χ3n) is 3.41. The molecule has 0 aromatic carbocycles. The number of nitrogens with zero attached hydrogens (tertiary/aromatic N) is 1. The Kier molecular flexibility index (Phi) is 3.13. The summed E-state index contributed by atoms with van der Waals surface area (Å²) in [5, 5.41) is 2.64. The van der Waals surface area contributed by atoms with Crippen molar-refractivity contribution >= 4 is 0 Å². The molecule has 94 valence electrons. The summed E-state index contributed by atoms with van der Waals surface area (Å²) in [5.74, 6) is -5.47. The molecular formula is C10H16F4N2. The molecule has 1 N–H and O–H groups in total. The maximum Gasteiger partial charge on any atom is 0.275 e. The third-order valence-corrected chi connectivity index (χ3v) is 3.41. The Morgan fingerprint density at radius 3 is 2.25 bits per heavy atom. The van der Waals surface area contributed by atoms with Crippen molar-refractivity contribution in [2.24, 2.45) is 0 Å². The van der Waals surface area contributed by atoms with Crippen molar-refractivity contribution in [3.05, 3.63) is 0 Å². The van der Waals surface area contributed by atoms with Crippen molar-refractivity contribution in [3.63, 3.8) is 0 Å². The van der Waals surface area contributed by atoms with Gasteiger partial charge in [0.05, 0.1) is 12.6 Å². The highest BCUT2D eigenvalue weighted by atomic mass is 19.3. The van der Waals surface area contributed by atoms with Gasteiger partial charge in [0, 0.05) is 25.9 Å². The molecule has 16 heavy (non-hydrogen) atoms. The van der Waals surface area contributed by atoms with Crippen LogP contribution >= 0.6 is 0 Å². The lowest BCUT2D eigenvalue weighted by molar-refractivity contribution is -0.127. The number of rotatable bonds is 1. The minimum absolute atomic E-state index is 0.0766. The molecule has 1 unspecified atom stereocenters. The Morgan fingerprint density at radius 2 is 1.69 bits per heavy atom. The molecule has 2 rings (SSSR count). The van der Waals surface area contributed by atoms with Crippen molar-refractivity contribution in [3.8, 4) is 0 Å². The second kappa shape index (κ2) is 4.14. The maximum absolute atomic E-state index is 13.6. The zero-order valence-electron chi connectivity index (χ0n) is 8.99. The lowest BCUT2D eigenvalue weighted by atomic mass is 9.96. The van der Waals surface area contributed by atoms with Gasteiger partial charge < -0.3 is 5.32 Å². The highest BCUT2D eigenvalue weighted by Crippen LogP contribution is 2.34. The molecule has 0 amide bonds. The highest BCUT2D eigenvalue weighted by molar-refractivity contribution is 4.94. The van der Waals surface area contributed by atoms with E-state index in [1.807, 2.05) is 0 Å². The molecule has 0 aromatic rings. The summed E-state index contributed by atoms with van der Waals surface area (Å²) >= 11 is 0. The normalized spacial score (nSPS) is 34.9. The molecular weight excluding hydrogens is 224 g/mol. The van der Waals surface area contributed by atoms with E-state index in [0.29, 0.717) is 13.0 Å². The number of likely N-dealkylation sites (tertiary alicyclic amines) is 1. The molecule has 1 atom stereocenters. The van der Waals surface area contributed by atoms with E-state index in [9.17, 15) is 17.6 Å². The van der Waals surface area contributed by atoms with E-state index in [4.69, 9.17) is 0 Å². The molecule has 0 saturated carbocycles. The zero-order valence-corrected chi connectivity index (χ0v) is 8.99. The van der Waals surface area contributed by atoms with Crippen LogP contribution in [-0.4, -0.2) is 49.0 Å². The van der Waals surface area contributed by atoms with Crippen LogP contribution in [0.4, 0.5) is 17.6 Å². The number of hydrogen-bond donors (Lipinski definition) is 1. The van der Waals surface area contributed by atoms with Gasteiger partial charge in [0.25, 0.3) is 11.8 Å². The maximum atomic E-state index is 13.6. The van der Waals surface area contributed by atoms with Crippen LogP contribution in [0.15, 0.2) is 0 Å². The molecule has 0 aromatic heterocycles. The molecule has 2 fully saturated rings. The summed E-state index contributed by atoms with van der Waals surface area (Å²) < 4.78 is 52.9. The van der Waals surface area contributed by atoms with E-state index in [0.717, 1.165) is 0 Å². The first-order valence-corrected chi connectivity index (χ1v) is 5.61. The van der Waals surface area contributed by atoms with Gasteiger partial charge in [0.15, 0.2) is 0 Å². The number of hydrogen-bond acceptors (Lipinski definition) is 2. The average Bonchev–Trinajstić information content (AvgIpc) is 2.18. The second-order valence-corrected chi connectivity index (χ2v) is 4.63. The summed E-state index contributed by atoms with van der Waals surface area (Å²) in [7, 11) is 0.